The van der Waals surface area contributed by atoms with Crippen molar-refractivity contribution in [2.45, 2.75) is 11.5 Å². The van der Waals surface area contributed by atoms with E-state index in [0.29, 0.717) is 17.0 Å². The van der Waals surface area contributed by atoms with E-state index in [9.17, 15) is 17.6 Å². The second-order valence-electron chi connectivity index (χ2n) is 6.13. The summed E-state index contributed by atoms with van der Waals surface area (Å²) in [6, 6.07) is 7.14. The third-order valence-corrected chi connectivity index (χ3v) is 6.06. The predicted octanol–water partition coefficient (Wildman–Crippen LogP) is 1.49. The van der Waals surface area contributed by atoms with Gasteiger partial charge in [-0.2, -0.15) is 9.49 Å². The molecular formula is C18H19FN6O5S2. The number of methoxy groups -OCH3 is 1. The molecule has 11 nitrogen and oxygen atoms in total. The summed E-state index contributed by atoms with van der Waals surface area (Å²) in [5.41, 5.74) is 0.746. The maximum absolute atomic E-state index is 13.2. The van der Waals surface area contributed by atoms with Crippen LogP contribution in [0.3, 0.4) is 0 Å². The van der Waals surface area contributed by atoms with Crippen molar-refractivity contribution in [3.8, 4) is 0 Å². The van der Waals surface area contributed by atoms with Gasteiger partial charge in [0.1, 0.15) is 0 Å². The van der Waals surface area contributed by atoms with Gasteiger partial charge >= 0.3 is 0 Å². The zero-order chi connectivity index (χ0) is 23.0. The molecule has 170 valence electrons. The molecule has 1 amide bonds. The highest BCUT2D eigenvalue weighted by atomic mass is 32.2. The number of H-pyrrole nitrogens is 1. The molecule has 1 aromatic carbocycles. The lowest BCUT2D eigenvalue weighted by atomic mass is 10.1. The highest BCUT2D eigenvalue weighted by Crippen LogP contribution is 2.17. The van der Waals surface area contributed by atoms with Crippen molar-refractivity contribution in [3.05, 3.63) is 59.1 Å². The van der Waals surface area contributed by atoms with Crippen molar-refractivity contribution < 1.29 is 27.2 Å². The Bertz CT molecular complexity index is 1160. The number of amides is 1. The van der Waals surface area contributed by atoms with E-state index >= 15 is 0 Å². The van der Waals surface area contributed by atoms with Crippen molar-refractivity contribution in [1.82, 2.24) is 19.9 Å². The van der Waals surface area contributed by atoms with Crippen LogP contribution in [0, 0.1) is 5.13 Å². The van der Waals surface area contributed by atoms with Crippen LogP contribution in [0.25, 0.3) is 0 Å². The zero-order valence-electron chi connectivity index (χ0n) is 16.7. The minimum atomic E-state index is -3.75. The minimum absolute atomic E-state index is 0.00233. The number of carbonyl (C=O) groups is 1. The maximum Gasteiger partial charge on any atom is 0.280 e. The van der Waals surface area contributed by atoms with E-state index in [1.165, 1.54) is 37.6 Å². The fraction of sp³-hybridized carbons (Fsp3) is 0.222. The van der Waals surface area contributed by atoms with Gasteiger partial charge in [0.2, 0.25) is 10.0 Å². The van der Waals surface area contributed by atoms with Crippen molar-refractivity contribution in [2.24, 2.45) is 5.16 Å². The van der Waals surface area contributed by atoms with Gasteiger partial charge in [0.05, 0.1) is 23.4 Å². The fourth-order valence-electron chi connectivity index (χ4n) is 2.38. The normalized spacial score (nSPS) is 12.0. The van der Waals surface area contributed by atoms with Crippen LogP contribution in [0.5, 0.6) is 0 Å². The first-order valence-corrected chi connectivity index (χ1v) is 11.4. The Morgan fingerprint density at radius 2 is 2.06 bits per heavy atom. The molecule has 0 bridgehead atoms. The Labute approximate surface area is 186 Å². The Balaban J connectivity index is 1.80. The number of rotatable bonds is 11. The number of anilines is 1. The number of oxime groups is 1. The predicted molar refractivity (Wildman–Crippen MR) is 114 cm³/mol. The van der Waals surface area contributed by atoms with Crippen molar-refractivity contribution in [3.63, 3.8) is 0 Å². The van der Waals surface area contributed by atoms with E-state index in [0.717, 1.165) is 6.20 Å². The lowest BCUT2D eigenvalue weighted by Gasteiger charge is -2.09. The number of sulfonamides is 1. The number of nitrogens with zero attached hydrogens (tertiary/aromatic N) is 3. The first kappa shape index (κ1) is 23.5. The lowest BCUT2D eigenvalue weighted by molar-refractivity contribution is -0.110. The maximum atomic E-state index is 13.2. The van der Waals surface area contributed by atoms with Gasteiger partial charge in [-0.25, -0.2) is 18.1 Å². The summed E-state index contributed by atoms with van der Waals surface area (Å²) >= 11 is 0.649. The molecule has 0 aliphatic carbocycles. The van der Waals surface area contributed by atoms with E-state index in [-0.39, 0.29) is 41.1 Å². The topological polar surface area (TPSA) is 148 Å². The molecule has 0 aliphatic rings. The summed E-state index contributed by atoms with van der Waals surface area (Å²) in [6.07, 6.45) is 2.51. The number of benzene rings is 1. The van der Waals surface area contributed by atoms with Gasteiger partial charge in [-0.05, 0) is 18.2 Å². The van der Waals surface area contributed by atoms with Gasteiger partial charge in [0.25, 0.3) is 5.91 Å². The second-order valence-corrected chi connectivity index (χ2v) is 8.88. The molecule has 32 heavy (non-hydrogen) atoms. The van der Waals surface area contributed by atoms with Crippen LogP contribution in [0.1, 0.15) is 11.3 Å². The van der Waals surface area contributed by atoms with Crippen molar-refractivity contribution >= 4 is 38.1 Å². The van der Waals surface area contributed by atoms with Crippen LogP contribution >= 0.6 is 11.3 Å². The van der Waals surface area contributed by atoms with Gasteiger partial charge in [-0.15, -0.1) is 0 Å². The van der Waals surface area contributed by atoms with Gasteiger partial charge in [-0.3, -0.25) is 15.2 Å². The van der Waals surface area contributed by atoms with Crippen LogP contribution in [-0.4, -0.2) is 55.5 Å². The van der Waals surface area contributed by atoms with Crippen LogP contribution in [0.15, 0.2) is 52.8 Å². The SMILES string of the molecule is COCCNS(=O)(=O)c1ccc(C(=NOCc2ccn[nH]2)C(=O)Nc2ncc(F)s2)cc1. The summed E-state index contributed by atoms with van der Waals surface area (Å²) in [6.45, 7) is 0.347. The monoisotopic (exact) mass is 482 g/mol. The molecule has 0 saturated carbocycles. The summed E-state index contributed by atoms with van der Waals surface area (Å²) in [4.78, 5) is 21.7. The number of carbonyl (C=O) groups excluding carboxylic acids is 1. The van der Waals surface area contributed by atoms with E-state index in [1.54, 1.807) is 6.07 Å². The first-order valence-electron chi connectivity index (χ1n) is 9.09. The average molecular weight is 483 g/mol. The number of nitrogens with one attached hydrogen (secondary N) is 3. The molecular weight excluding hydrogens is 463 g/mol. The molecule has 0 saturated heterocycles. The molecule has 14 heteroatoms. The molecule has 0 aliphatic heterocycles. The average Bonchev–Trinajstić information content (AvgIpc) is 3.43. The van der Waals surface area contributed by atoms with Gasteiger partial charge in [-0.1, -0.05) is 28.6 Å². The standard InChI is InChI=1S/C18H19FN6O5S2/c1-29-9-8-22-32(27,28)14-4-2-12(3-5-14)16(25-30-11-13-6-7-21-24-13)17(26)23-18-20-10-15(19)31-18/h2-7,10,22H,8-9,11H2,1H3,(H,21,24)(H,20,23,26). The fourth-order valence-corrected chi connectivity index (χ4v) is 3.93. The molecule has 2 aromatic heterocycles. The third kappa shape index (κ3) is 6.40. The van der Waals surface area contributed by atoms with Gasteiger partial charge < -0.3 is 9.57 Å². The Morgan fingerprint density at radius 1 is 1.28 bits per heavy atom. The summed E-state index contributed by atoms with van der Waals surface area (Å²) in [5.74, 6) is -0.710. The van der Waals surface area contributed by atoms with Gasteiger partial charge in [0.15, 0.2) is 22.6 Å². The quantitative estimate of drug-likeness (QED) is 0.213. The minimum Gasteiger partial charge on any atom is -0.389 e. The van der Waals surface area contributed by atoms with E-state index in [2.05, 4.69) is 30.4 Å². The summed E-state index contributed by atoms with van der Waals surface area (Å²) in [7, 11) is -2.29. The largest absolute Gasteiger partial charge is 0.389 e. The lowest BCUT2D eigenvalue weighted by Crippen LogP contribution is -2.27. The van der Waals surface area contributed by atoms with E-state index in [1.807, 2.05) is 0 Å². The summed E-state index contributed by atoms with van der Waals surface area (Å²) in [5, 5.41) is 12.3. The zero-order valence-corrected chi connectivity index (χ0v) is 18.4. The Kier molecular flexibility index (Phi) is 7.99. The Hall–Kier alpha value is -3.20. The smallest absolute Gasteiger partial charge is 0.280 e. The van der Waals surface area contributed by atoms with Crippen molar-refractivity contribution in [2.75, 3.05) is 25.6 Å². The molecule has 3 rings (SSSR count). The van der Waals surface area contributed by atoms with Crippen LogP contribution in [0.4, 0.5) is 9.52 Å². The van der Waals surface area contributed by atoms with Crippen LogP contribution in [0.2, 0.25) is 0 Å². The number of ether oxygens (including phenoxy) is 1. The molecule has 0 radical (unpaired) electrons. The number of aromatic amines is 1. The Morgan fingerprint density at radius 3 is 2.69 bits per heavy atom. The van der Waals surface area contributed by atoms with Crippen LogP contribution in [-0.2, 0) is 31.0 Å². The highest BCUT2D eigenvalue weighted by molar-refractivity contribution is 7.89. The molecule has 0 unspecified atom stereocenters. The van der Waals surface area contributed by atoms with E-state index < -0.39 is 21.1 Å². The molecule has 0 spiro atoms. The van der Waals surface area contributed by atoms with Gasteiger partial charge in [0, 0.05) is 25.4 Å². The number of halogens is 1. The molecule has 0 fully saturated rings. The number of thiazole rings is 1. The first-order chi connectivity index (χ1) is 15.4. The van der Waals surface area contributed by atoms with Crippen molar-refractivity contribution in [1.29, 1.82) is 0 Å². The molecule has 0 atom stereocenters. The molecule has 3 aromatic rings. The van der Waals surface area contributed by atoms with E-state index in [4.69, 9.17) is 9.57 Å². The summed E-state index contributed by atoms with van der Waals surface area (Å²) < 4.78 is 45.1. The number of aromatic nitrogens is 3. The number of hydrogen-bond acceptors (Lipinski definition) is 9. The van der Waals surface area contributed by atoms with Crippen LogP contribution < -0.4 is 10.0 Å². The second kappa shape index (κ2) is 10.9. The molecule has 3 N–H and O–H groups in total. The molecule has 2 heterocycles. The number of hydrogen-bond donors (Lipinski definition) is 3. The highest BCUT2D eigenvalue weighted by Gasteiger charge is 2.19. The third-order valence-electron chi connectivity index (χ3n) is 3.88.